The topological polar surface area (TPSA) is 157 Å². The van der Waals surface area contributed by atoms with Gasteiger partial charge in [0.2, 0.25) is 5.95 Å². The van der Waals surface area contributed by atoms with Gasteiger partial charge in [0.1, 0.15) is 32.4 Å². The summed E-state index contributed by atoms with van der Waals surface area (Å²) < 4.78 is 44.5. The fourth-order valence-electron chi connectivity index (χ4n) is 3.97. The summed E-state index contributed by atoms with van der Waals surface area (Å²) in [4.78, 5) is 8.67. The lowest BCUT2D eigenvalue weighted by molar-refractivity contribution is 0.276. The largest absolute Gasteiger partial charge is 0.496 e. The van der Waals surface area contributed by atoms with Crippen LogP contribution in [0.2, 0.25) is 0 Å². The van der Waals surface area contributed by atoms with E-state index >= 15 is 0 Å². The number of nitrogens with two attached hydrogens (primary N) is 1. The monoisotopic (exact) mass is 523 g/mol. The molecule has 3 aromatic rings. The molecule has 5 N–H and O–H groups in total. The Bertz CT molecular complexity index is 1280. The fourth-order valence-corrected chi connectivity index (χ4v) is 4.48. The summed E-state index contributed by atoms with van der Waals surface area (Å²) in [5.74, 6) is 0.463. The average molecular weight is 524 g/mol. The number of sulfone groups is 1. The van der Waals surface area contributed by atoms with Crippen LogP contribution in [0.4, 0.5) is 16.2 Å². The van der Waals surface area contributed by atoms with E-state index in [1.54, 1.807) is 16.9 Å². The Morgan fingerprint density at radius 1 is 1.25 bits per heavy atom. The van der Waals surface area contributed by atoms with Gasteiger partial charge < -0.3 is 26.2 Å². The van der Waals surface area contributed by atoms with Gasteiger partial charge in [-0.2, -0.15) is 10.1 Å². The van der Waals surface area contributed by atoms with Gasteiger partial charge >= 0.3 is 0 Å². The number of nitrogens with one attached hydrogen (secondary N) is 2. The maximum atomic E-state index is 14.7. The SMILES string of the molecule is CCC[C@@H](CCO)Nc1nc(N)nc2cnn(Cc3cc(CNCCS(C)(=O)=O)c(F)cc3OC)c12. The van der Waals surface area contributed by atoms with Crippen LogP contribution in [0, 0.1) is 5.82 Å². The number of aliphatic hydroxyl groups excluding tert-OH is 1. The van der Waals surface area contributed by atoms with Crippen molar-refractivity contribution in [3.05, 3.63) is 35.3 Å². The van der Waals surface area contributed by atoms with E-state index in [1.807, 2.05) is 0 Å². The van der Waals surface area contributed by atoms with Crippen LogP contribution in [-0.4, -0.2) is 71.6 Å². The van der Waals surface area contributed by atoms with Crippen LogP contribution in [0.3, 0.4) is 0 Å². The maximum Gasteiger partial charge on any atom is 0.222 e. The van der Waals surface area contributed by atoms with Gasteiger partial charge in [0.05, 0.1) is 25.6 Å². The van der Waals surface area contributed by atoms with Gasteiger partial charge in [-0.1, -0.05) is 13.3 Å². The van der Waals surface area contributed by atoms with Gasteiger partial charge in [0, 0.05) is 49.2 Å². The second-order valence-electron chi connectivity index (χ2n) is 8.67. The predicted octanol–water partition coefficient (Wildman–Crippen LogP) is 1.70. The molecule has 0 bridgehead atoms. The van der Waals surface area contributed by atoms with Crippen molar-refractivity contribution in [3.63, 3.8) is 0 Å². The zero-order valence-corrected chi connectivity index (χ0v) is 21.6. The third-order valence-corrected chi connectivity index (χ3v) is 6.64. The summed E-state index contributed by atoms with van der Waals surface area (Å²) >= 11 is 0. The number of methoxy groups -OCH3 is 1. The number of anilines is 2. The number of hydrogen-bond acceptors (Lipinski definition) is 10. The number of aliphatic hydroxyl groups is 1. The van der Waals surface area contributed by atoms with Crippen LogP contribution in [0.25, 0.3) is 11.0 Å². The third kappa shape index (κ3) is 7.24. The quantitative estimate of drug-likeness (QED) is 0.229. The summed E-state index contributed by atoms with van der Waals surface area (Å²) in [5.41, 5.74) is 8.15. The molecule has 11 nitrogen and oxygen atoms in total. The summed E-state index contributed by atoms with van der Waals surface area (Å²) in [6.07, 6.45) is 5.05. The van der Waals surface area contributed by atoms with Gasteiger partial charge in [-0.05, 0) is 18.9 Å². The van der Waals surface area contributed by atoms with Gasteiger partial charge in [-0.3, -0.25) is 4.68 Å². The molecule has 2 heterocycles. The molecule has 0 spiro atoms. The zero-order chi connectivity index (χ0) is 26.3. The van der Waals surface area contributed by atoms with E-state index in [0.717, 1.165) is 19.1 Å². The lowest BCUT2D eigenvalue weighted by Gasteiger charge is -2.19. The van der Waals surface area contributed by atoms with Crippen molar-refractivity contribution in [2.24, 2.45) is 0 Å². The highest BCUT2D eigenvalue weighted by Crippen LogP contribution is 2.28. The molecule has 1 atom stereocenters. The maximum absolute atomic E-state index is 14.7. The standard InChI is InChI=1S/C23H34FN7O4S/c1-4-5-17(6-8-32)28-22-21-19(29-23(25)30-22)13-27-31(21)14-16-10-15(18(24)11-20(16)35-2)12-26-7-9-36(3,33)34/h10-11,13,17,26,32H,4-9,12,14H2,1-3H3,(H3,25,28,29,30)/t17-/m0/s1. The second kappa shape index (κ2) is 12.3. The van der Waals surface area contributed by atoms with E-state index in [2.05, 4.69) is 32.6 Å². The molecule has 2 aromatic heterocycles. The predicted molar refractivity (Wildman–Crippen MR) is 137 cm³/mol. The van der Waals surface area contributed by atoms with Crippen molar-refractivity contribution < 1.29 is 22.7 Å². The molecule has 36 heavy (non-hydrogen) atoms. The van der Waals surface area contributed by atoms with Crippen molar-refractivity contribution in [1.82, 2.24) is 25.1 Å². The highest BCUT2D eigenvalue weighted by molar-refractivity contribution is 7.90. The molecule has 0 amide bonds. The number of ether oxygens (including phenoxy) is 1. The number of fused-ring (bicyclic) bond motifs is 1. The van der Waals surface area contributed by atoms with Gasteiger partial charge in [-0.15, -0.1) is 0 Å². The molecule has 0 unspecified atom stereocenters. The van der Waals surface area contributed by atoms with Crippen LogP contribution in [-0.2, 0) is 22.9 Å². The first-order valence-corrected chi connectivity index (χ1v) is 13.8. The Morgan fingerprint density at radius 3 is 2.69 bits per heavy atom. The first kappa shape index (κ1) is 27.6. The van der Waals surface area contributed by atoms with Gasteiger partial charge in [-0.25, -0.2) is 17.8 Å². The lowest BCUT2D eigenvalue weighted by Crippen LogP contribution is -2.23. The van der Waals surface area contributed by atoms with Crippen molar-refractivity contribution in [2.45, 2.75) is 45.3 Å². The Morgan fingerprint density at radius 2 is 2.03 bits per heavy atom. The molecule has 0 aliphatic rings. The highest BCUT2D eigenvalue weighted by atomic mass is 32.2. The minimum Gasteiger partial charge on any atom is -0.496 e. The molecule has 0 radical (unpaired) electrons. The molecule has 0 fully saturated rings. The molecule has 0 aliphatic carbocycles. The molecule has 3 rings (SSSR count). The molecule has 1 aromatic carbocycles. The minimum atomic E-state index is -3.11. The van der Waals surface area contributed by atoms with E-state index in [0.29, 0.717) is 40.1 Å². The number of rotatable bonds is 14. The van der Waals surface area contributed by atoms with Crippen molar-refractivity contribution in [1.29, 1.82) is 0 Å². The Kier molecular flexibility index (Phi) is 9.40. The van der Waals surface area contributed by atoms with E-state index in [1.165, 1.54) is 13.2 Å². The number of nitrogens with zero attached hydrogens (tertiary/aromatic N) is 4. The normalized spacial score (nSPS) is 12.7. The summed E-state index contributed by atoms with van der Waals surface area (Å²) in [5, 5.41) is 20.2. The van der Waals surface area contributed by atoms with E-state index in [9.17, 15) is 17.9 Å². The van der Waals surface area contributed by atoms with Gasteiger partial charge in [0.25, 0.3) is 0 Å². The Hall–Kier alpha value is -3.03. The number of hydrogen-bond donors (Lipinski definition) is 4. The molecular formula is C23H34FN7O4S. The smallest absolute Gasteiger partial charge is 0.222 e. The summed E-state index contributed by atoms with van der Waals surface area (Å²) in [6, 6.07) is 2.97. The average Bonchev–Trinajstić information content (AvgIpc) is 3.20. The first-order valence-electron chi connectivity index (χ1n) is 11.7. The number of halogens is 1. The van der Waals surface area contributed by atoms with Crippen LogP contribution in [0.1, 0.15) is 37.3 Å². The van der Waals surface area contributed by atoms with E-state index < -0.39 is 15.7 Å². The number of nitrogen functional groups attached to an aromatic ring is 1. The molecule has 0 aliphatic heterocycles. The zero-order valence-electron chi connectivity index (χ0n) is 20.8. The van der Waals surface area contributed by atoms with Crippen molar-refractivity contribution in [3.8, 4) is 5.75 Å². The van der Waals surface area contributed by atoms with Crippen LogP contribution < -0.4 is 21.1 Å². The first-order chi connectivity index (χ1) is 17.1. The molecular weight excluding hydrogens is 489 g/mol. The van der Waals surface area contributed by atoms with Gasteiger partial charge in [0.15, 0.2) is 5.82 Å². The molecule has 0 saturated heterocycles. The third-order valence-electron chi connectivity index (χ3n) is 5.70. The van der Waals surface area contributed by atoms with E-state index in [4.69, 9.17) is 10.5 Å². The number of benzene rings is 1. The van der Waals surface area contributed by atoms with Crippen LogP contribution >= 0.6 is 0 Å². The molecule has 13 heteroatoms. The summed E-state index contributed by atoms with van der Waals surface area (Å²) in [7, 11) is -1.65. The van der Waals surface area contributed by atoms with E-state index in [-0.39, 0.29) is 44.0 Å². The molecule has 198 valence electrons. The number of aromatic nitrogens is 4. The second-order valence-corrected chi connectivity index (χ2v) is 10.9. The highest BCUT2D eigenvalue weighted by Gasteiger charge is 2.18. The lowest BCUT2D eigenvalue weighted by atomic mass is 10.1. The minimum absolute atomic E-state index is 0.00850. The van der Waals surface area contributed by atoms with Crippen LogP contribution in [0.15, 0.2) is 18.3 Å². The van der Waals surface area contributed by atoms with Crippen molar-refractivity contribution >= 4 is 32.6 Å². The van der Waals surface area contributed by atoms with Crippen LogP contribution in [0.5, 0.6) is 5.75 Å². The van der Waals surface area contributed by atoms with Crippen molar-refractivity contribution in [2.75, 3.05) is 43.3 Å². The fraction of sp³-hybridized carbons (Fsp3) is 0.522. The Balaban J connectivity index is 1.92. The molecule has 0 saturated carbocycles. The Labute approximate surface area is 210 Å². The summed E-state index contributed by atoms with van der Waals surface area (Å²) in [6.45, 7) is 2.71.